The largest absolute Gasteiger partial charge is 0.467 e. The zero-order valence-corrected chi connectivity index (χ0v) is 26.6. The Morgan fingerprint density at radius 3 is 1.93 bits per heavy atom. The van der Waals surface area contributed by atoms with Crippen molar-refractivity contribution in [2.75, 3.05) is 13.9 Å². The van der Waals surface area contributed by atoms with E-state index >= 15 is 0 Å². The van der Waals surface area contributed by atoms with Crippen LogP contribution in [0.2, 0.25) is 0 Å². The average molecular weight is 568 g/mol. The fourth-order valence-corrected chi connectivity index (χ4v) is 6.74. The lowest BCUT2D eigenvalue weighted by Gasteiger charge is -2.33. The Hall–Kier alpha value is -2.97. The summed E-state index contributed by atoms with van der Waals surface area (Å²) in [7, 11) is 2.28. The molecule has 4 aromatic carbocycles. The Balaban J connectivity index is 1.82. The summed E-state index contributed by atoms with van der Waals surface area (Å²) < 4.78 is 11.9. The summed E-state index contributed by atoms with van der Waals surface area (Å²) in [6.07, 6.45) is 2.69. The van der Waals surface area contributed by atoms with Crippen LogP contribution in [0, 0.1) is 0 Å². The SMILES string of the molecule is CCC(C)(Pc1ccccc1CNC(C)(C)C)c1cc(Cc2ccccc2)cc(Cc2ccccc2)c1OCOC. The number of hydrogen-bond acceptors (Lipinski definition) is 3. The maximum absolute atomic E-state index is 6.47. The van der Waals surface area contributed by atoms with E-state index in [2.05, 4.69) is 137 Å². The zero-order valence-electron chi connectivity index (χ0n) is 25.6. The molecule has 0 heterocycles. The van der Waals surface area contributed by atoms with Crippen LogP contribution in [0.4, 0.5) is 0 Å². The second-order valence-corrected chi connectivity index (χ2v) is 14.0. The van der Waals surface area contributed by atoms with E-state index < -0.39 is 0 Å². The van der Waals surface area contributed by atoms with Gasteiger partial charge in [-0.15, -0.1) is 0 Å². The summed E-state index contributed by atoms with van der Waals surface area (Å²) in [6, 6.07) is 35.1. The normalized spacial score (nSPS) is 13.4. The summed E-state index contributed by atoms with van der Waals surface area (Å²) in [5.41, 5.74) is 7.81. The molecule has 4 heteroatoms. The van der Waals surface area contributed by atoms with Crippen LogP contribution in [0.1, 0.15) is 74.4 Å². The van der Waals surface area contributed by atoms with Gasteiger partial charge in [0.05, 0.1) is 0 Å². The van der Waals surface area contributed by atoms with Gasteiger partial charge >= 0.3 is 0 Å². The number of methoxy groups -OCH3 is 1. The number of ether oxygens (including phenoxy) is 2. The molecule has 0 radical (unpaired) electrons. The first-order valence-corrected chi connectivity index (χ1v) is 15.7. The van der Waals surface area contributed by atoms with Crippen LogP contribution in [0.25, 0.3) is 0 Å². The minimum Gasteiger partial charge on any atom is -0.467 e. The van der Waals surface area contributed by atoms with Crippen LogP contribution in [-0.2, 0) is 29.3 Å². The van der Waals surface area contributed by atoms with Gasteiger partial charge in [-0.25, -0.2) is 0 Å². The quantitative estimate of drug-likeness (QED) is 0.130. The predicted octanol–water partition coefficient (Wildman–Crippen LogP) is 8.37. The van der Waals surface area contributed by atoms with Gasteiger partial charge in [-0.05, 0) is 66.7 Å². The molecule has 4 aromatic rings. The van der Waals surface area contributed by atoms with Gasteiger partial charge in [-0.2, -0.15) is 0 Å². The third-order valence-corrected chi connectivity index (χ3v) is 9.51. The molecule has 0 spiro atoms. The fraction of sp³-hybridized carbons (Fsp3) is 0.351. The van der Waals surface area contributed by atoms with Crippen molar-refractivity contribution in [1.29, 1.82) is 0 Å². The Kier molecular flexibility index (Phi) is 10.8. The molecule has 0 aliphatic heterocycles. The van der Waals surface area contributed by atoms with Crippen molar-refractivity contribution in [1.82, 2.24) is 5.32 Å². The molecule has 0 bridgehead atoms. The standard InChI is InChI=1S/C37H46NO2P/c1-7-37(5,41-34-21-15-14-20-31(34)26-38-36(2,3)4)33-25-30(22-28-16-10-8-11-17-28)24-32(35(33)40-27-39-6)23-29-18-12-9-13-19-29/h8-21,24-25,38,41H,7,22-23,26-27H2,1-6H3. The van der Waals surface area contributed by atoms with Crippen molar-refractivity contribution in [3.8, 4) is 5.75 Å². The molecule has 0 fully saturated rings. The van der Waals surface area contributed by atoms with Crippen molar-refractivity contribution < 1.29 is 9.47 Å². The van der Waals surface area contributed by atoms with Crippen LogP contribution in [0.3, 0.4) is 0 Å². The summed E-state index contributed by atoms with van der Waals surface area (Å²) in [4.78, 5) is 0. The highest BCUT2D eigenvalue weighted by Gasteiger charge is 2.31. The first kappa shape index (κ1) is 31.0. The molecule has 0 aliphatic carbocycles. The predicted molar refractivity (Wildman–Crippen MR) is 176 cm³/mol. The van der Waals surface area contributed by atoms with E-state index in [4.69, 9.17) is 9.47 Å². The Morgan fingerprint density at radius 1 is 0.707 bits per heavy atom. The molecule has 4 rings (SSSR count). The highest BCUT2D eigenvalue weighted by Crippen LogP contribution is 2.49. The van der Waals surface area contributed by atoms with Gasteiger partial charge < -0.3 is 14.8 Å². The number of rotatable bonds is 13. The monoisotopic (exact) mass is 567 g/mol. The topological polar surface area (TPSA) is 30.5 Å². The van der Waals surface area contributed by atoms with E-state index in [1.54, 1.807) is 7.11 Å². The molecule has 216 valence electrons. The second-order valence-electron chi connectivity index (χ2n) is 12.1. The number of benzene rings is 4. The lowest BCUT2D eigenvalue weighted by atomic mass is 9.88. The van der Waals surface area contributed by atoms with Crippen LogP contribution in [0.5, 0.6) is 5.75 Å². The van der Waals surface area contributed by atoms with E-state index in [0.29, 0.717) is 8.58 Å². The molecule has 0 saturated carbocycles. The van der Waals surface area contributed by atoms with Crippen molar-refractivity contribution in [2.24, 2.45) is 0 Å². The minimum absolute atomic E-state index is 0.0591. The first-order valence-electron chi connectivity index (χ1n) is 14.7. The highest BCUT2D eigenvalue weighted by molar-refractivity contribution is 7.48. The second kappa shape index (κ2) is 14.3. The highest BCUT2D eigenvalue weighted by atomic mass is 31.1. The van der Waals surface area contributed by atoms with Crippen LogP contribution in [-0.4, -0.2) is 19.4 Å². The average Bonchev–Trinajstić information content (AvgIpc) is 2.96. The molecule has 0 saturated heterocycles. The first-order chi connectivity index (χ1) is 19.7. The van der Waals surface area contributed by atoms with Crippen molar-refractivity contribution in [3.63, 3.8) is 0 Å². The molecule has 2 unspecified atom stereocenters. The van der Waals surface area contributed by atoms with Crippen LogP contribution >= 0.6 is 8.58 Å². The fourth-order valence-electron chi connectivity index (χ4n) is 5.13. The molecule has 41 heavy (non-hydrogen) atoms. The Labute approximate surface area is 249 Å². The number of hydrogen-bond donors (Lipinski definition) is 1. The van der Waals surface area contributed by atoms with Gasteiger partial charge in [-0.3, -0.25) is 0 Å². The molecule has 1 N–H and O–H groups in total. The van der Waals surface area contributed by atoms with Gasteiger partial charge in [0, 0.05) is 36.3 Å². The van der Waals surface area contributed by atoms with E-state index in [0.717, 1.165) is 31.6 Å². The van der Waals surface area contributed by atoms with Crippen LogP contribution in [0.15, 0.2) is 97.1 Å². The maximum Gasteiger partial charge on any atom is 0.188 e. The van der Waals surface area contributed by atoms with Gasteiger partial charge in [-0.1, -0.05) is 119 Å². The van der Waals surface area contributed by atoms with E-state index in [1.165, 1.54) is 38.7 Å². The van der Waals surface area contributed by atoms with E-state index in [1.807, 2.05) is 0 Å². The molecular formula is C37H46NO2P. The van der Waals surface area contributed by atoms with Gasteiger partial charge in [0.2, 0.25) is 0 Å². The molecule has 0 aliphatic rings. The van der Waals surface area contributed by atoms with Crippen LogP contribution < -0.4 is 15.4 Å². The number of nitrogens with one attached hydrogen (secondary N) is 1. The minimum atomic E-state index is -0.112. The van der Waals surface area contributed by atoms with Crippen molar-refractivity contribution >= 4 is 13.9 Å². The van der Waals surface area contributed by atoms with E-state index in [-0.39, 0.29) is 17.5 Å². The van der Waals surface area contributed by atoms with Gasteiger partial charge in [0.25, 0.3) is 0 Å². The molecule has 3 nitrogen and oxygen atoms in total. The summed E-state index contributed by atoms with van der Waals surface area (Å²) >= 11 is 0. The lowest BCUT2D eigenvalue weighted by Crippen LogP contribution is -2.36. The molecule has 0 amide bonds. The molecule has 0 aromatic heterocycles. The Morgan fingerprint density at radius 2 is 1.32 bits per heavy atom. The smallest absolute Gasteiger partial charge is 0.188 e. The summed E-state index contributed by atoms with van der Waals surface area (Å²) in [5, 5.41) is 4.99. The van der Waals surface area contributed by atoms with Crippen molar-refractivity contribution in [2.45, 2.75) is 71.1 Å². The maximum atomic E-state index is 6.47. The molecular weight excluding hydrogens is 521 g/mol. The van der Waals surface area contributed by atoms with Crippen molar-refractivity contribution in [3.05, 3.63) is 130 Å². The zero-order chi connectivity index (χ0) is 29.3. The van der Waals surface area contributed by atoms with Gasteiger partial charge in [0.1, 0.15) is 5.75 Å². The Bertz CT molecular complexity index is 1380. The lowest BCUT2D eigenvalue weighted by molar-refractivity contribution is 0.0494. The third kappa shape index (κ3) is 8.76. The summed E-state index contributed by atoms with van der Waals surface area (Å²) in [5.74, 6) is 0.967. The third-order valence-electron chi connectivity index (χ3n) is 7.57. The molecule has 2 atom stereocenters. The summed E-state index contributed by atoms with van der Waals surface area (Å²) in [6.45, 7) is 12.5. The van der Waals surface area contributed by atoms with E-state index in [9.17, 15) is 0 Å². The van der Waals surface area contributed by atoms with Gasteiger partial charge in [0.15, 0.2) is 6.79 Å².